The highest BCUT2D eigenvalue weighted by atomic mass is 16.5. The zero-order valence-electron chi connectivity index (χ0n) is 17.6. The second-order valence-corrected chi connectivity index (χ2v) is 8.56. The van der Waals surface area contributed by atoms with Crippen LogP contribution in [0.2, 0.25) is 0 Å². The van der Waals surface area contributed by atoms with Crippen molar-refractivity contribution in [1.82, 2.24) is 19.7 Å². The second-order valence-electron chi connectivity index (χ2n) is 8.56. The lowest BCUT2D eigenvalue weighted by Crippen LogP contribution is -2.36. The van der Waals surface area contributed by atoms with E-state index < -0.39 is 0 Å². The Morgan fingerprint density at radius 3 is 2.80 bits per heavy atom. The van der Waals surface area contributed by atoms with Crippen molar-refractivity contribution in [2.24, 2.45) is 11.7 Å². The Morgan fingerprint density at radius 2 is 2.00 bits per heavy atom. The van der Waals surface area contributed by atoms with Gasteiger partial charge in [-0.15, -0.1) is 0 Å². The zero-order chi connectivity index (χ0) is 20.5. The Hall–Kier alpha value is -2.51. The van der Waals surface area contributed by atoms with Gasteiger partial charge in [0.05, 0.1) is 47.9 Å². The van der Waals surface area contributed by atoms with E-state index in [1.165, 1.54) is 24.9 Å². The molecule has 0 spiro atoms. The lowest BCUT2D eigenvalue weighted by atomic mass is 9.77. The normalized spacial score (nSPS) is 21.7. The van der Waals surface area contributed by atoms with Crippen LogP contribution in [0.15, 0.2) is 30.6 Å². The second kappa shape index (κ2) is 8.32. The third kappa shape index (κ3) is 3.79. The molecule has 0 radical (unpaired) electrons. The molecule has 5 rings (SSSR count). The summed E-state index contributed by atoms with van der Waals surface area (Å²) in [5.41, 5.74) is 11.6. The highest BCUT2D eigenvalue weighted by molar-refractivity contribution is 5.81. The van der Waals surface area contributed by atoms with E-state index in [1.54, 1.807) is 0 Å². The van der Waals surface area contributed by atoms with Crippen molar-refractivity contribution >= 4 is 16.7 Å². The Morgan fingerprint density at radius 1 is 1.17 bits per heavy atom. The van der Waals surface area contributed by atoms with E-state index in [9.17, 15) is 0 Å². The highest BCUT2D eigenvalue weighted by Gasteiger charge is 2.31. The van der Waals surface area contributed by atoms with Gasteiger partial charge in [-0.2, -0.15) is 5.10 Å². The number of nitrogens with zero attached hydrogens (tertiary/aromatic N) is 5. The number of ether oxygens (including phenoxy) is 1. The molecule has 0 atom stereocenters. The number of hydrogen-bond donors (Lipinski definition) is 1. The molecule has 1 aliphatic heterocycles. The molecule has 1 aliphatic carbocycles. The summed E-state index contributed by atoms with van der Waals surface area (Å²) >= 11 is 0. The molecule has 2 N–H and O–H groups in total. The first-order valence-corrected chi connectivity index (χ1v) is 11.1. The van der Waals surface area contributed by atoms with Gasteiger partial charge in [-0.25, -0.2) is 4.98 Å². The molecule has 2 aliphatic rings. The smallest absolute Gasteiger partial charge is 0.0927 e. The molecule has 0 amide bonds. The molecule has 1 saturated carbocycles. The minimum absolute atomic E-state index is 0.501. The van der Waals surface area contributed by atoms with Gasteiger partial charge in [0.25, 0.3) is 0 Å². The van der Waals surface area contributed by atoms with Gasteiger partial charge in [-0.05, 0) is 63.3 Å². The fourth-order valence-corrected chi connectivity index (χ4v) is 4.63. The summed E-state index contributed by atoms with van der Waals surface area (Å²) in [5.74, 6) is 0.797. The van der Waals surface area contributed by atoms with Crippen LogP contribution in [0.5, 0.6) is 0 Å². The average molecular weight is 407 g/mol. The summed E-state index contributed by atoms with van der Waals surface area (Å²) in [4.78, 5) is 12.0. The van der Waals surface area contributed by atoms with Crippen molar-refractivity contribution < 1.29 is 4.74 Å². The largest absolute Gasteiger partial charge is 0.378 e. The van der Waals surface area contributed by atoms with Gasteiger partial charge in [0.1, 0.15) is 0 Å². The van der Waals surface area contributed by atoms with Crippen molar-refractivity contribution in [3.8, 4) is 11.3 Å². The summed E-state index contributed by atoms with van der Waals surface area (Å²) in [7, 11) is 0. The summed E-state index contributed by atoms with van der Waals surface area (Å²) in [6.07, 6.45) is 8.79. The van der Waals surface area contributed by atoms with Crippen LogP contribution in [0.3, 0.4) is 0 Å². The Labute approximate surface area is 177 Å². The molecule has 3 heterocycles. The summed E-state index contributed by atoms with van der Waals surface area (Å²) in [6.45, 7) is 6.23. The fraction of sp³-hybridized carbons (Fsp3) is 0.522. The number of benzene rings is 1. The van der Waals surface area contributed by atoms with Crippen LogP contribution in [0.1, 0.15) is 37.4 Å². The first-order chi connectivity index (χ1) is 14.7. The first-order valence-electron chi connectivity index (χ1n) is 11.1. The summed E-state index contributed by atoms with van der Waals surface area (Å²) in [5, 5.41) is 4.80. The minimum atomic E-state index is 0.501. The van der Waals surface area contributed by atoms with E-state index in [0.29, 0.717) is 6.04 Å². The molecule has 0 unspecified atom stereocenters. The maximum Gasteiger partial charge on any atom is 0.0927 e. The third-order valence-electron chi connectivity index (χ3n) is 6.50. The number of aromatic nitrogens is 4. The van der Waals surface area contributed by atoms with Crippen LogP contribution in [0, 0.1) is 12.8 Å². The van der Waals surface area contributed by atoms with Crippen molar-refractivity contribution in [3.05, 3.63) is 36.3 Å². The van der Waals surface area contributed by atoms with E-state index in [1.807, 2.05) is 6.20 Å². The lowest BCUT2D eigenvalue weighted by molar-refractivity contribution is 0.122. The number of hydrogen-bond acceptors (Lipinski definition) is 6. The molecular weight excluding hydrogens is 376 g/mol. The van der Waals surface area contributed by atoms with Crippen LogP contribution in [0.4, 0.5) is 5.69 Å². The Bertz CT molecular complexity index is 1020. The quantitative estimate of drug-likeness (QED) is 0.676. The number of rotatable bonds is 6. The number of nitrogens with two attached hydrogens (primary N) is 1. The topological polar surface area (TPSA) is 82.1 Å². The fourth-order valence-electron chi connectivity index (χ4n) is 4.63. The molecule has 1 saturated heterocycles. The number of anilines is 1. The summed E-state index contributed by atoms with van der Waals surface area (Å²) in [6, 6.07) is 6.83. The highest BCUT2D eigenvalue weighted by Crippen LogP contribution is 2.40. The molecule has 30 heavy (non-hydrogen) atoms. The monoisotopic (exact) mass is 406 g/mol. The average Bonchev–Trinajstić information content (AvgIpc) is 3.13. The standard InChI is InChI=1S/C23H30N6O/c1-16-20(15-29(27-16)19-11-17(12-19)3-2-6-24)23-14-25-21-5-4-18(13-22(21)26-23)28-7-9-30-10-8-28/h4-5,13-15,17,19H,2-3,6-12,24H2,1H3/t17-,19-. The number of fused-ring (bicyclic) bond motifs is 1. The van der Waals surface area contributed by atoms with Crippen LogP contribution in [0.25, 0.3) is 22.3 Å². The van der Waals surface area contributed by atoms with Crippen molar-refractivity contribution in [1.29, 1.82) is 0 Å². The summed E-state index contributed by atoms with van der Waals surface area (Å²) < 4.78 is 7.61. The van der Waals surface area contributed by atoms with Gasteiger partial charge in [0.15, 0.2) is 0 Å². The predicted octanol–water partition coefficient (Wildman–Crippen LogP) is 3.33. The molecule has 0 bridgehead atoms. The first kappa shape index (κ1) is 19.5. The van der Waals surface area contributed by atoms with Gasteiger partial charge in [-0.1, -0.05) is 0 Å². The van der Waals surface area contributed by atoms with Crippen LogP contribution >= 0.6 is 0 Å². The van der Waals surface area contributed by atoms with E-state index in [4.69, 9.17) is 20.6 Å². The van der Waals surface area contributed by atoms with Crippen molar-refractivity contribution in [2.45, 2.75) is 38.6 Å². The molecular formula is C23H30N6O. The van der Waals surface area contributed by atoms with Crippen LogP contribution < -0.4 is 10.6 Å². The molecule has 2 aromatic heterocycles. The molecule has 1 aromatic carbocycles. The Balaban J connectivity index is 1.37. The van der Waals surface area contributed by atoms with Gasteiger partial charge in [0, 0.05) is 30.5 Å². The van der Waals surface area contributed by atoms with E-state index in [2.05, 4.69) is 45.9 Å². The van der Waals surface area contributed by atoms with Gasteiger partial charge in [-0.3, -0.25) is 9.67 Å². The van der Waals surface area contributed by atoms with Crippen molar-refractivity contribution in [2.75, 3.05) is 37.7 Å². The zero-order valence-corrected chi connectivity index (χ0v) is 17.6. The number of morpholine rings is 1. The molecule has 7 heteroatoms. The maximum absolute atomic E-state index is 5.64. The molecule has 7 nitrogen and oxygen atoms in total. The van der Waals surface area contributed by atoms with Gasteiger partial charge >= 0.3 is 0 Å². The minimum Gasteiger partial charge on any atom is -0.378 e. The van der Waals surface area contributed by atoms with Crippen LogP contribution in [-0.2, 0) is 4.74 Å². The van der Waals surface area contributed by atoms with Gasteiger partial charge < -0.3 is 15.4 Å². The van der Waals surface area contributed by atoms with Crippen molar-refractivity contribution in [3.63, 3.8) is 0 Å². The van der Waals surface area contributed by atoms with Gasteiger partial charge in [0.2, 0.25) is 0 Å². The molecule has 3 aromatic rings. The SMILES string of the molecule is Cc1nn([C@H]2C[C@H](CCCN)C2)cc1-c1cnc2ccc(N3CCOCC3)cc2n1. The Kier molecular flexibility index (Phi) is 5.39. The van der Waals surface area contributed by atoms with E-state index in [0.717, 1.165) is 73.2 Å². The maximum atomic E-state index is 5.64. The predicted molar refractivity (Wildman–Crippen MR) is 119 cm³/mol. The van der Waals surface area contributed by atoms with E-state index >= 15 is 0 Å². The molecule has 2 fully saturated rings. The lowest BCUT2D eigenvalue weighted by Gasteiger charge is -2.35. The third-order valence-corrected chi connectivity index (χ3v) is 6.50. The van der Waals surface area contributed by atoms with E-state index in [-0.39, 0.29) is 0 Å². The number of aryl methyl sites for hydroxylation is 1. The molecule has 158 valence electrons. The van der Waals surface area contributed by atoms with Crippen LogP contribution in [-0.4, -0.2) is 52.6 Å².